The van der Waals surface area contributed by atoms with Gasteiger partial charge in [0.2, 0.25) is 5.91 Å². The molecule has 0 aromatic heterocycles. The normalized spacial score (nSPS) is 13.4. The van der Waals surface area contributed by atoms with E-state index < -0.39 is 12.1 Å². The minimum Gasteiger partial charge on any atom is -0.394 e. The minimum atomic E-state index is -0.878. The van der Waals surface area contributed by atoms with E-state index in [0.717, 1.165) is 57.8 Å². The van der Waals surface area contributed by atoms with Crippen LogP contribution in [0.25, 0.3) is 0 Å². The fourth-order valence-electron chi connectivity index (χ4n) is 7.17. The summed E-state index contributed by atoms with van der Waals surface area (Å²) in [5.41, 5.74) is 0. The van der Waals surface area contributed by atoms with Gasteiger partial charge in [-0.3, -0.25) is 4.79 Å². The summed E-state index contributed by atoms with van der Waals surface area (Å²) in [6, 6.07) is -0.655. The molecular formula is C52H95NO3. The summed E-state index contributed by atoms with van der Waals surface area (Å²) < 4.78 is 0. The van der Waals surface area contributed by atoms with Gasteiger partial charge in [0.05, 0.1) is 18.8 Å². The maximum absolute atomic E-state index is 12.4. The van der Waals surface area contributed by atoms with Crippen molar-refractivity contribution in [2.45, 2.75) is 257 Å². The molecule has 0 aliphatic carbocycles. The Hall–Kier alpha value is -1.91. The molecule has 0 radical (unpaired) electrons. The highest BCUT2D eigenvalue weighted by Crippen LogP contribution is 2.15. The van der Waals surface area contributed by atoms with Crippen LogP contribution in [0.2, 0.25) is 0 Å². The molecule has 0 heterocycles. The molecule has 0 spiro atoms. The number of aliphatic hydroxyl groups excluding tert-OH is 2. The topological polar surface area (TPSA) is 69.6 Å². The number of rotatable bonds is 44. The van der Waals surface area contributed by atoms with Crippen molar-refractivity contribution >= 4 is 5.91 Å². The molecule has 0 aliphatic heterocycles. The van der Waals surface area contributed by atoms with Crippen LogP contribution in [0.4, 0.5) is 0 Å². The molecule has 0 bridgehead atoms. The van der Waals surface area contributed by atoms with Gasteiger partial charge >= 0.3 is 0 Å². The molecule has 2 atom stereocenters. The fourth-order valence-corrected chi connectivity index (χ4v) is 7.17. The van der Waals surface area contributed by atoms with Crippen molar-refractivity contribution in [3.63, 3.8) is 0 Å². The second kappa shape index (κ2) is 47.5. The standard InChI is InChI=1S/C52H95NO3/c1-3-5-7-9-11-13-15-17-19-20-21-22-23-24-25-26-27-28-29-30-31-32-33-34-35-37-39-41-43-45-47-51(55)50(49-54)53-52(56)48-46-44-42-40-38-36-18-16-14-12-10-8-6-4-2/h10,12,16,18,32-33,37,39,45,47,50-51,54-55H,3-9,11,13-15,17,19-31,34-36,38,40-44,46,48-49H2,1-2H3,(H,53,56)/b12-10-,18-16-,33-32+,39-37+,47-45+. The van der Waals surface area contributed by atoms with Gasteiger partial charge in [-0.15, -0.1) is 0 Å². The average molecular weight is 782 g/mol. The molecular weight excluding hydrogens is 687 g/mol. The zero-order valence-corrected chi connectivity index (χ0v) is 37.4. The SMILES string of the molecule is CCCC/C=C\C/C=C\CCCCCCCC(=O)NC(CO)C(O)/C=C/CC/C=C/CC/C=C/CCCCCCCCCCCCCCCCCCCCCC. The summed E-state index contributed by atoms with van der Waals surface area (Å²) in [5.74, 6) is -0.0934. The van der Waals surface area contributed by atoms with Crippen LogP contribution in [0, 0.1) is 0 Å². The first kappa shape index (κ1) is 54.1. The quantitative estimate of drug-likeness (QED) is 0.0426. The van der Waals surface area contributed by atoms with E-state index >= 15 is 0 Å². The Morgan fingerprint density at radius 2 is 0.768 bits per heavy atom. The zero-order chi connectivity index (χ0) is 40.7. The maximum Gasteiger partial charge on any atom is 0.220 e. The molecule has 0 saturated heterocycles. The van der Waals surface area contributed by atoms with Crippen molar-refractivity contribution in [3.05, 3.63) is 60.8 Å². The molecule has 0 saturated carbocycles. The first-order valence-corrected chi connectivity index (χ1v) is 24.5. The van der Waals surface area contributed by atoms with Crippen LogP contribution in [0.15, 0.2) is 60.8 Å². The molecule has 56 heavy (non-hydrogen) atoms. The monoisotopic (exact) mass is 782 g/mol. The lowest BCUT2D eigenvalue weighted by Gasteiger charge is -2.19. The van der Waals surface area contributed by atoms with E-state index in [-0.39, 0.29) is 12.5 Å². The predicted molar refractivity (Wildman–Crippen MR) is 248 cm³/mol. The number of unbranched alkanes of at least 4 members (excludes halogenated alkanes) is 29. The Morgan fingerprint density at radius 1 is 0.429 bits per heavy atom. The van der Waals surface area contributed by atoms with Crippen LogP contribution >= 0.6 is 0 Å². The van der Waals surface area contributed by atoms with Crippen molar-refractivity contribution in [1.82, 2.24) is 5.32 Å². The number of hydrogen-bond acceptors (Lipinski definition) is 3. The van der Waals surface area contributed by atoms with E-state index in [1.165, 1.54) is 167 Å². The van der Waals surface area contributed by atoms with Crippen LogP contribution in [0.5, 0.6) is 0 Å². The molecule has 4 heteroatoms. The molecule has 1 amide bonds. The summed E-state index contributed by atoms with van der Waals surface area (Å²) >= 11 is 0. The highest BCUT2D eigenvalue weighted by atomic mass is 16.3. The highest BCUT2D eigenvalue weighted by Gasteiger charge is 2.17. The number of aliphatic hydroxyl groups is 2. The Bertz CT molecular complexity index is 934. The predicted octanol–water partition coefficient (Wildman–Crippen LogP) is 15.7. The minimum absolute atomic E-state index is 0.0934. The highest BCUT2D eigenvalue weighted by molar-refractivity contribution is 5.76. The van der Waals surface area contributed by atoms with Gasteiger partial charge in [-0.05, 0) is 70.6 Å². The molecule has 0 aromatic carbocycles. The second-order valence-corrected chi connectivity index (χ2v) is 16.5. The van der Waals surface area contributed by atoms with Crippen molar-refractivity contribution in [2.75, 3.05) is 6.61 Å². The average Bonchev–Trinajstić information content (AvgIpc) is 3.20. The maximum atomic E-state index is 12.4. The summed E-state index contributed by atoms with van der Waals surface area (Å²) in [6.45, 7) is 4.25. The number of carbonyl (C=O) groups is 1. The molecule has 4 nitrogen and oxygen atoms in total. The third-order valence-electron chi connectivity index (χ3n) is 11.0. The van der Waals surface area contributed by atoms with Gasteiger partial charge in [0.15, 0.2) is 0 Å². The van der Waals surface area contributed by atoms with Crippen molar-refractivity contribution in [2.24, 2.45) is 0 Å². The largest absolute Gasteiger partial charge is 0.394 e. The van der Waals surface area contributed by atoms with Crippen LogP contribution in [0.1, 0.15) is 245 Å². The van der Waals surface area contributed by atoms with Crippen LogP contribution < -0.4 is 5.32 Å². The van der Waals surface area contributed by atoms with E-state index in [1.54, 1.807) is 6.08 Å². The smallest absolute Gasteiger partial charge is 0.220 e. The van der Waals surface area contributed by atoms with E-state index in [4.69, 9.17) is 0 Å². The Morgan fingerprint density at radius 3 is 1.20 bits per heavy atom. The molecule has 326 valence electrons. The second-order valence-electron chi connectivity index (χ2n) is 16.5. The van der Waals surface area contributed by atoms with Crippen LogP contribution in [0.3, 0.4) is 0 Å². The van der Waals surface area contributed by atoms with Gasteiger partial charge in [-0.2, -0.15) is 0 Å². The molecule has 0 aromatic rings. The first-order valence-electron chi connectivity index (χ1n) is 24.5. The lowest BCUT2D eigenvalue weighted by molar-refractivity contribution is -0.123. The summed E-state index contributed by atoms with van der Waals surface area (Å²) in [7, 11) is 0. The first-order chi connectivity index (χ1) is 27.7. The zero-order valence-electron chi connectivity index (χ0n) is 37.4. The molecule has 3 N–H and O–H groups in total. The summed E-state index contributed by atoms with van der Waals surface area (Å²) in [4.78, 5) is 12.4. The molecule has 0 rings (SSSR count). The van der Waals surface area contributed by atoms with Crippen LogP contribution in [-0.2, 0) is 4.79 Å². The van der Waals surface area contributed by atoms with Gasteiger partial charge in [0, 0.05) is 6.42 Å². The van der Waals surface area contributed by atoms with Gasteiger partial charge < -0.3 is 15.5 Å². The number of allylic oxidation sites excluding steroid dienone is 9. The Balaban J connectivity index is 3.58. The van der Waals surface area contributed by atoms with E-state index in [9.17, 15) is 15.0 Å². The summed E-state index contributed by atoms with van der Waals surface area (Å²) in [5, 5.41) is 23.0. The number of hydrogen-bond donors (Lipinski definition) is 3. The van der Waals surface area contributed by atoms with Crippen molar-refractivity contribution in [1.29, 1.82) is 0 Å². The van der Waals surface area contributed by atoms with Gasteiger partial charge in [0.25, 0.3) is 0 Å². The van der Waals surface area contributed by atoms with Crippen LogP contribution in [-0.4, -0.2) is 34.9 Å². The van der Waals surface area contributed by atoms with Gasteiger partial charge in [-0.25, -0.2) is 0 Å². The van der Waals surface area contributed by atoms with Crippen molar-refractivity contribution in [3.8, 4) is 0 Å². The number of nitrogens with one attached hydrogen (secondary N) is 1. The van der Waals surface area contributed by atoms with Gasteiger partial charge in [-0.1, -0.05) is 229 Å². The molecule has 0 fully saturated rings. The lowest BCUT2D eigenvalue weighted by atomic mass is 10.0. The molecule has 2 unspecified atom stereocenters. The Labute approximate surface area is 349 Å². The number of carbonyl (C=O) groups excluding carboxylic acids is 1. The third kappa shape index (κ3) is 43.2. The van der Waals surface area contributed by atoms with E-state index in [0.29, 0.717) is 6.42 Å². The molecule has 0 aliphatic rings. The number of amides is 1. The third-order valence-corrected chi connectivity index (χ3v) is 11.0. The van der Waals surface area contributed by atoms with Crippen molar-refractivity contribution < 1.29 is 15.0 Å². The summed E-state index contributed by atoms with van der Waals surface area (Å²) in [6.07, 6.45) is 66.5. The lowest BCUT2D eigenvalue weighted by Crippen LogP contribution is -2.45. The van der Waals surface area contributed by atoms with Gasteiger partial charge in [0.1, 0.15) is 0 Å². The Kier molecular flexibility index (Phi) is 45.8. The van der Waals surface area contributed by atoms with E-state index in [2.05, 4.69) is 67.8 Å². The fraction of sp³-hybridized carbons (Fsp3) is 0.788. The van der Waals surface area contributed by atoms with E-state index in [1.807, 2.05) is 6.08 Å².